The van der Waals surface area contributed by atoms with E-state index in [1.165, 1.54) is 49.6 Å². The van der Waals surface area contributed by atoms with E-state index in [1.807, 2.05) is 6.07 Å². The highest BCUT2D eigenvalue weighted by Gasteiger charge is 2.12. The first-order chi connectivity index (χ1) is 16.2. The molecule has 0 radical (unpaired) electrons. The molecule has 3 rings (SSSR count). The zero-order chi connectivity index (χ0) is 24.7. The Balaban J connectivity index is 1.66. The molecule has 0 aliphatic heterocycles. The van der Waals surface area contributed by atoms with Crippen LogP contribution in [0, 0.1) is 11.3 Å². The van der Waals surface area contributed by atoms with E-state index in [-0.39, 0.29) is 16.2 Å². The summed E-state index contributed by atoms with van der Waals surface area (Å²) in [5.41, 5.74) is 0.990. The number of hydrogen-bond donors (Lipinski definition) is 2. The molecule has 0 bridgehead atoms. The highest BCUT2D eigenvalue weighted by atomic mass is 32.2. The maximum Gasteiger partial charge on any atom is 0.343 e. The summed E-state index contributed by atoms with van der Waals surface area (Å²) in [7, 11) is -2.33. The lowest BCUT2D eigenvalue weighted by molar-refractivity contribution is -0.112. The van der Waals surface area contributed by atoms with Crippen LogP contribution in [0.4, 0.5) is 5.69 Å². The first-order valence-corrected chi connectivity index (χ1v) is 11.3. The minimum absolute atomic E-state index is 0.102. The molecule has 0 heterocycles. The van der Waals surface area contributed by atoms with Gasteiger partial charge in [0.25, 0.3) is 5.91 Å². The smallest absolute Gasteiger partial charge is 0.343 e. The van der Waals surface area contributed by atoms with Crippen LogP contribution in [0.15, 0.2) is 83.3 Å². The van der Waals surface area contributed by atoms with Crippen LogP contribution in [0.25, 0.3) is 6.08 Å². The molecule has 3 aromatic rings. The first kappa shape index (κ1) is 24.2. The van der Waals surface area contributed by atoms with Crippen molar-refractivity contribution in [2.24, 2.45) is 5.14 Å². The van der Waals surface area contributed by atoms with Gasteiger partial charge < -0.3 is 14.8 Å². The molecule has 0 saturated carbocycles. The van der Waals surface area contributed by atoms with Crippen molar-refractivity contribution in [3.8, 4) is 17.6 Å². The maximum absolute atomic E-state index is 12.4. The Morgan fingerprint density at radius 1 is 0.941 bits per heavy atom. The average molecular weight is 477 g/mol. The van der Waals surface area contributed by atoms with E-state index < -0.39 is 21.9 Å². The minimum Gasteiger partial charge on any atom is -0.497 e. The summed E-state index contributed by atoms with van der Waals surface area (Å²) in [5.74, 6) is -0.321. The molecule has 34 heavy (non-hydrogen) atoms. The van der Waals surface area contributed by atoms with Crippen molar-refractivity contribution in [2.45, 2.75) is 4.90 Å². The maximum atomic E-state index is 12.4. The number of esters is 1. The lowest BCUT2D eigenvalue weighted by Gasteiger charge is -2.07. The Labute approximate surface area is 196 Å². The van der Waals surface area contributed by atoms with Crippen LogP contribution in [0.3, 0.4) is 0 Å². The highest BCUT2D eigenvalue weighted by molar-refractivity contribution is 7.89. The number of sulfonamides is 1. The summed E-state index contributed by atoms with van der Waals surface area (Å²) in [6.45, 7) is 0. The van der Waals surface area contributed by atoms with Crippen molar-refractivity contribution in [1.82, 2.24) is 0 Å². The van der Waals surface area contributed by atoms with Crippen molar-refractivity contribution in [2.75, 3.05) is 12.4 Å². The zero-order valence-electron chi connectivity index (χ0n) is 17.9. The summed E-state index contributed by atoms with van der Waals surface area (Å²) in [4.78, 5) is 24.6. The number of benzene rings is 3. The summed E-state index contributed by atoms with van der Waals surface area (Å²) >= 11 is 0. The highest BCUT2D eigenvalue weighted by Crippen LogP contribution is 2.19. The Kier molecular flexibility index (Phi) is 7.43. The zero-order valence-corrected chi connectivity index (χ0v) is 18.7. The van der Waals surface area contributed by atoms with Crippen molar-refractivity contribution < 1.29 is 27.5 Å². The van der Waals surface area contributed by atoms with E-state index >= 15 is 0 Å². The number of nitrogens with two attached hydrogens (primary N) is 1. The number of hydrogen-bond acceptors (Lipinski definition) is 7. The Hall–Kier alpha value is -4.46. The Bertz CT molecular complexity index is 1370. The van der Waals surface area contributed by atoms with Gasteiger partial charge in [-0.3, -0.25) is 4.79 Å². The molecule has 0 fully saturated rings. The fraction of sp³-hybridized carbons (Fsp3) is 0.0417. The largest absolute Gasteiger partial charge is 0.497 e. The third-order valence-electron chi connectivity index (χ3n) is 4.53. The van der Waals surface area contributed by atoms with Crippen LogP contribution in [-0.4, -0.2) is 27.4 Å². The van der Waals surface area contributed by atoms with Crippen molar-refractivity contribution >= 4 is 33.7 Å². The van der Waals surface area contributed by atoms with Gasteiger partial charge in [-0.15, -0.1) is 0 Å². The predicted molar refractivity (Wildman–Crippen MR) is 124 cm³/mol. The van der Waals surface area contributed by atoms with E-state index in [4.69, 9.17) is 14.6 Å². The number of primary sulfonamides is 1. The monoisotopic (exact) mass is 477 g/mol. The molecule has 0 aromatic heterocycles. The second-order valence-electron chi connectivity index (χ2n) is 6.88. The fourth-order valence-corrected chi connectivity index (χ4v) is 3.28. The van der Waals surface area contributed by atoms with Gasteiger partial charge >= 0.3 is 5.97 Å². The van der Waals surface area contributed by atoms with Crippen molar-refractivity contribution in [3.05, 3.63) is 89.5 Å². The number of carbonyl (C=O) groups excluding carboxylic acids is 2. The van der Waals surface area contributed by atoms with Gasteiger partial charge in [0.15, 0.2) is 0 Å². The van der Waals surface area contributed by atoms with Crippen molar-refractivity contribution in [3.63, 3.8) is 0 Å². The molecule has 3 aromatic carbocycles. The molecule has 10 heteroatoms. The van der Waals surface area contributed by atoms with E-state index in [1.54, 1.807) is 36.4 Å². The summed E-state index contributed by atoms with van der Waals surface area (Å²) < 4.78 is 33.0. The van der Waals surface area contributed by atoms with E-state index in [2.05, 4.69) is 5.32 Å². The van der Waals surface area contributed by atoms with Gasteiger partial charge in [-0.25, -0.2) is 18.4 Å². The van der Waals surface area contributed by atoms with E-state index in [0.717, 1.165) is 0 Å². The molecule has 9 nitrogen and oxygen atoms in total. The molecule has 0 atom stereocenters. The molecule has 172 valence electrons. The number of nitrogens with one attached hydrogen (secondary N) is 1. The van der Waals surface area contributed by atoms with Gasteiger partial charge in [0.2, 0.25) is 10.0 Å². The van der Waals surface area contributed by atoms with E-state index in [9.17, 15) is 23.3 Å². The summed E-state index contributed by atoms with van der Waals surface area (Å²) in [5, 5.41) is 16.9. The summed E-state index contributed by atoms with van der Waals surface area (Å²) in [6, 6.07) is 19.7. The molecule has 0 unspecified atom stereocenters. The standard InChI is InChI=1S/C24H19N3O6S/c1-32-20-10-4-17(5-11-20)24(29)33-21-8-2-16(3-9-21)14-18(15-25)23(28)27-19-6-12-22(13-7-19)34(26,30)31/h2-14H,1H3,(H,27,28)(H2,26,30,31)/b18-14+. The topological polar surface area (TPSA) is 149 Å². The lowest BCUT2D eigenvalue weighted by Crippen LogP contribution is -2.14. The van der Waals surface area contributed by atoms with Crippen LogP contribution in [0.2, 0.25) is 0 Å². The number of carbonyl (C=O) groups is 2. The number of methoxy groups -OCH3 is 1. The van der Waals surface area contributed by atoms with Crippen LogP contribution < -0.4 is 19.9 Å². The predicted octanol–water partition coefficient (Wildman–Crippen LogP) is 3.11. The lowest BCUT2D eigenvalue weighted by atomic mass is 10.1. The van der Waals surface area contributed by atoms with Gasteiger partial charge in [0.1, 0.15) is 23.1 Å². The minimum atomic E-state index is -3.85. The molecule has 0 spiro atoms. The average Bonchev–Trinajstić information content (AvgIpc) is 2.83. The Morgan fingerprint density at radius 3 is 2.06 bits per heavy atom. The van der Waals surface area contributed by atoms with Gasteiger partial charge in [-0.2, -0.15) is 5.26 Å². The molecule has 1 amide bonds. The quantitative estimate of drug-likeness (QED) is 0.230. The van der Waals surface area contributed by atoms with Crippen LogP contribution >= 0.6 is 0 Å². The summed E-state index contributed by atoms with van der Waals surface area (Å²) in [6.07, 6.45) is 1.36. The fourth-order valence-electron chi connectivity index (χ4n) is 2.77. The number of rotatable bonds is 7. The number of nitriles is 1. The Morgan fingerprint density at radius 2 is 1.53 bits per heavy atom. The number of amides is 1. The number of anilines is 1. The normalized spacial score (nSPS) is 11.3. The number of ether oxygens (including phenoxy) is 2. The van der Waals surface area contributed by atoms with E-state index in [0.29, 0.717) is 22.6 Å². The second kappa shape index (κ2) is 10.4. The number of nitrogens with zero attached hydrogens (tertiary/aromatic N) is 1. The second-order valence-corrected chi connectivity index (χ2v) is 8.44. The van der Waals surface area contributed by atoms with Gasteiger partial charge in [-0.1, -0.05) is 12.1 Å². The molecular formula is C24H19N3O6S. The van der Waals surface area contributed by atoms with Gasteiger partial charge in [-0.05, 0) is 72.3 Å². The molecule has 3 N–H and O–H groups in total. The van der Waals surface area contributed by atoms with Gasteiger partial charge in [0, 0.05) is 5.69 Å². The third kappa shape index (κ3) is 6.29. The molecule has 0 saturated heterocycles. The van der Waals surface area contributed by atoms with Crippen LogP contribution in [0.1, 0.15) is 15.9 Å². The third-order valence-corrected chi connectivity index (χ3v) is 5.46. The molecule has 0 aliphatic rings. The van der Waals surface area contributed by atoms with Gasteiger partial charge in [0.05, 0.1) is 17.6 Å². The SMILES string of the molecule is COc1ccc(C(=O)Oc2ccc(/C=C(\C#N)C(=O)Nc3ccc(S(N)(=O)=O)cc3)cc2)cc1. The van der Waals surface area contributed by atoms with Crippen LogP contribution in [-0.2, 0) is 14.8 Å². The van der Waals surface area contributed by atoms with Crippen molar-refractivity contribution in [1.29, 1.82) is 5.26 Å². The molecule has 0 aliphatic carbocycles. The first-order valence-electron chi connectivity index (χ1n) is 9.72. The van der Waals surface area contributed by atoms with Crippen LogP contribution in [0.5, 0.6) is 11.5 Å². The molecular weight excluding hydrogens is 458 g/mol.